The molecule has 2 heterocycles. The average molecular weight is 341 g/mol. The van der Waals surface area contributed by atoms with E-state index >= 15 is 0 Å². The van der Waals surface area contributed by atoms with Crippen LogP contribution < -0.4 is 10.2 Å². The fourth-order valence-electron chi connectivity index (χ4n) is 2.12. The smallest absolute Gasteiger partial charge is 0.230 e. The molecule has 0 fully saturated rings. The second-order valence-electron chi connectivity index (χ2n) is 5.18. The van der Waals surface area contributed by atoms with E-state index < -0.39 is 0 Å². The molecule has 0 amide bonds. The number of nitrogens with one attached hydrogen (secondary N) is 1. The summed E-state index contributed by atoms with van der Waals surface area (Å²) in [6, 6.07) is 11.2. The molecule has 122 valence electrons. The molecule has 0 saturated heterocycles. The Morgan fingerprint density at radius 2 is 2.00 bits per heavy atom. The summed E-state index contributed by atoms with van der Waals surface area (Å²) in [4.78, 5) is 19.3. The van der Waals surface area contributed by atoms with Gasteiger partial charge in [-0.15, -0.1) is 0 Å². The van der Waals surface area contributed by atoms with Gasteiger partial charge in [-0.05, 0) is 37.3 Å². The van der Waals surface area contributed by atoms with Crippen molar-refractivity contribution in [3.8, 4) is 11.4 Å². The lowest BCUT2D eigenvalue weighted by molar-refractivity contribution is 0.938. The lowest BCUT2D eigenvalue weighted by Gasteiger charge is -2.15. The Balaban J connectivity index is 1.88. The van der Waals surface area contributed by atoms with E-state index in [0.717, 1.165) is 23.6 Å². The van der Waals surface area contributed by atoms with Gasteiger partial charge in [-0.3, -0.25) is 0 Å². The van der Waals surface area contributed by atoms with Crippen molar-refractivity contribution in [3.63, 3.8) is 0 Å². The van der Waals surface area contributed by atoms with Gasteiger partial charge < -0.3 is 10.2 Å². The molecule has 0 saturated carbocycles. The molecule has 1 aromatic carbocycles. The third-order valence-corrected chi connectivity index (χ3v) is 3.76. The summed E-state index contributed by atoms with van der Waals surface area (Å²) in [5, 5.41) is 3.78. The predicted octanol–water partition coefficient (Wildman–Crippen LogP) is 3.79. The van der Waals surface area contributed by atoms with E-state index in [1.165, 1.54) is 6.33 Å². The van der Waals surface area contributed by atoms with E-state index in [-0.39, 0.29) is 0 Å². The Hall–Kier alpha value is -2.73. The van der Waals surface area contributed by atoms with Crippen LogP contribution in [-0.2, 0) is 0 Å². The first kappa shape index (κ1) is 16.1. The Morgan fingerprint density at radius 3 is 2.79 bits per heavy atom. The molecule has 0 aliphatic rings. The van der Waals surface area contributed by atoms with Crippen molar-refractivity contribution in [1.29, 1.82) is 0 Å². The van der Waals surface area contributed by atoms with Gasteiger partial charge in [-0.1, -0.05) is 17.7 Å². The van der Waals surface area contributed by atoms with Crippen LogP contribution in [0.5, 0.6) is 0 Å². The molecule has 7 heteroatoms. The molecule has 0 spiro atoms. The van der Waals surface area contributed by atoms with Crippen LogP contribution in [0.25, 0.3) is 11.4 Å². The standard InChI is InChI=1S/C17H17ClN6/c1-3-24(2)15-9-12(7-8-19-15)16-20-11-21-17(23-16)22-14-6-4-5-13(18)10-14/h4-11H,3H2,1-2H3,(H,20,21,22,23). The lowest BCUT2D eigenvalue weighted by Crippen LogP contribution is -2.17. The summed E-state index contributed by atoms with van der Waals surface area (Å²) in [5.74, 6) is 1.92. The van der Waals surface area contributed by atoms with Crippen LogP contribution in [-0.4, -0.2) is 33.5 Å². The van der Waals surface area contributed by atoms with Crippen molar-refractivity contribution in [2.45, 2.75) is 6.92 Å². The average Bonchev–Trinajstić information content (AvgIpc) is 2.61. The van der Waals surface area contributed by atoms with E-state index in [9.17, 15) is 0 Å². The van der Waals surface area contributed by atoms with Gasteiger partial charge in [-0.2, -0.15) is 4.98 Å². The van der Waals surface area contributed by atoms with E-state index in [1.54, 1.807) is 6.20 Å². The fraction of sp³-hybridized carbons (Fsp3) is 0.176. The zero-order chi connectivity index (χ0) is 16.9. The quantitative estimate of drug-likeness (QED) is 0.762. The molecule has 3 aromatic rings. The first-order valence-corrected chi connectivity index (χ1v) is 7.92. The summed E-state index contributed by atoms with van der Waals surface area (Å²) >= 11 is 5.99. The van der Waals surface area contributed by atoms with E-state index in [4.69, 9.17) is 11.6 Å². The Labute approximate surface area is 145 Å². The highest BCUT2D eigenvalue weighted by molar-refractivity contribution is 6.30. The molecule has 1 N–H and O–H groups in total. The number of nitrogens with zero attached hydrogens (tertiary/aromatic N) is 5. The molecule has 3 rings (SSSR count). The van der Waals surface area contributed by atoms with Crippen LogP contribution in [0.3, 0.4) is 0 Å². The summed E-state index contributed by atoms with van der Waals surface area (Å²) in [6.07, 6.45) is 3.24. The number of halogens is 1. The minimum atomic E-state index is 0.462. The van der Waals surface area contributed by atoms with Crippen LogP contribution in [0, 0.1) is 0 Å². The van der Waals surface area contributed by atoms with Crippen molar-refractivity contribution in [2.24, 2.45) is 0 Å². The second kappa shape index (κ2) is 7.23. The lowest BCUT2D eigenvalue weighted by atomic mass is 10.2. The Bertz CT molecular complexity index is 839. The SMILES string of the molecule is CCN(C)c1cc(-c2ncnc(Nc3cccc(Cl)c3)n2)ccn1. The summed E-state index contributed by atoms with van der Waals surface area (Å²) < 4.78 is 0. The normalized spacial score (nSPS) is 10.5. The minimum absolute atomic E-state index is 0.462. The van der Waals surface area contributed by atoms with Crippen LogP contribution in [0.4, 0.5) is 17.5 Å². The number of benzene rings is 1. The largest absolute Gasteiger partial charge is 0.360 e. The molecule has 0 atom stereocenters. The summed E-state index contributed by atoms with van der Waals surface area (Å²) in [7, 11) is 1.99. The van der Waals surface area contributed by atoms with Crippen molar-refractivity contribution < 1.29 is 0 Å². The molecule has 0 radical (unpaired) electrons. The molecular formula is C17H17ClN6. The molecule has 0 aliphatic heterocycles. The maximum Gasteiger partial charge on any atom is 0.230 e. The van der Waals surface area contributed by atoms with Gasteiger partial charge in [-0.25, -0.2) is 15.0 Å². The monoisotopic (exact) mass is 340 g/mol. The summed E-state index contributed by atoms with van der Waals surface area (Å²) in [6.45, 7) is 2.94. The maximum absolute atomic E-state index is 5.99. The van der Waals surface area contributed by atoms with E-state index in [1.807, 2.05) is 43.4 Å². The van der Waals surface area contributed by atoms with Gasteiger partial charge in [0, 0.05) is 36.1 Å². The van der Waals surface area contributed by atoms with E-state index in [0.29, 0.717) is 16.8 Å². The van der Waals surface area contributed by atoms with Crippen LogP contribution in [0.15, 0.2) is 48.9 Å². The second-order valence-corrected chi connectivity index (χ2v) is 5.62. The highest BCUT2D eigenvalue weighted by atomic mass is 35.5. The molecule has 0 unspecified atom stereocenters. The van der Waals surface area contributed by atoms with Gasteiger partial charge in [0.2, 0.25) is 5.95 Å². The third kappa shape index (κ3) is 3.78. The molecule has 0 bridgehead atoms. The first-order valence-electron chi connectivity index (χ1n) is 7.55. The van der Waals surface area contributed by atoms with Gasteiger partial charge in [0.05, 0.1) is 0 Å². The topological polar surface area (TPSA) is 66.8 Å². The first-order chi connectivity index (χ1) is 11.7. The number of hydrogen-bond acceptors (Lipinski definition) is 6. The van der Waals surface area contributed by atoms with Crippen LogP contribution in [0.2, 0.25) is 5.02 Å². The highest BCUT2D eigenvalue weighted by Gasteiger charge is 2.07. The number of rotatable bonds is 5. The highest BCUT2D eigenvalue weighted by Crippen LogP contribution is 2.21. The summed E-state index contributed by atoms with van der Waals surface area (Å²) in [5.41, 5.74) is 1.71. The van der Waals surface area contributed by atoms with E-state index in [2.05, 4.69) is 37.1 Å². The molecule has 24 heavy (non-hydrogen) atoms. The van der Waals surface area contributed by atoms with Gasteiger partial charge in [0.1, 0.15) is 12.1 Å². The molecule has 0 aliphatic carbocycles. The van der Waals surface area contributed by atoms with Gasteiger partial charge in [0.25, 0.3) is 0 Å². The third-order valence-electron chi connectivity index (χ3n) is 3.52. The number of pyridine rings is 1. The molecule has 2 aromatic heterocycles. The van der Waals surface area contributed by atoms with Crippen molar-refractivity contribution in [3.05, 3.63) is 53.9 Å². The molecular weight excluding hydrogens is 324 g/mol. The maximum atomic E-state index is 5.99. The Kier molecular flexibility index (Phi) is 4.86. The zero-order valence-corrected chi connectivity index (χ0v) is 14.2. The Morgan fingerprint density at radius 1 is 1.12 bits per heavy atom. The predicted molar refractivity (Wildman–Crippen MR) is 96.7 cm³/mol. The number of aromatic nitrogens is 4. The fourth-order valence-corrected chi connectivity index (χ4v) is 2.31. The van der Waals surface area contributed by atoms with Crippen molar-refractivity contribution in [2.75, 3.05) is 23.8 Å². The zero-order valence-electron chi connectivity index (χ0n) is 13.4. The van der Waals surface area contributed by atoms with Crippen molar-refractivity contribution in [1.82, 2.24) is 19.9 Å². The van der Waals surface area contributed by atoms with Gasteiger partial charge >= 0.3 is 0 Å². The minimum Gasteiger partial charge on any atom is -0.360 e. The van der Waals surface area contributed by atoms with Crippen LogP contribution in [0.1, 0.15) is 6.92 Å². The molecule has 6 nitrogen and oxygen atoms in total. The number of hydrogen-bond donors (Lipinski definition) is 1. The number of anilines is 3. The van der Waals surface area contributed by atoms with Gasteiger partial charge in [0.15, 0.2) is 5.82 Å². The van der Waals surface area contributed by atoms with Crippen molar-refractivity contribution >= 4 is 29.1 Å². The van der Waals surface area contributed by atoms with Crippen LogP contribution >= 0.6 is 11.6 Å².